The molecule has 18 heavy (non-hydrogen) atoms. The zero-order chi connectivity index (χ0) is 11.9. The number of aromatic nitrogens is 4. The van der Waals surface area contributed by atoms with E-state index in [0.717, 1.165) is 22.3 Å². The molecule has 4 nitrogen and oxygen atoms in total. The molecule has 4 aromatic heterocycles. The molecule has 4 heteroatoms. The Morgan fingerprint density at radius 2 is 2.06 bits per heavy atom. The summed E-state index contributed by atoms with van der Waals surface area (Å²) in [4.78, 5) is 8.48. The normalized spacial score (nSPS) is 11.3. The van der Waals surface area contributed by atoms with Crippen molar-refractivity contribution in [1.82, 2.24) is 18.8 Å². The monoisotopic (exact) mass is 233 g/mol. The lowest BCUT2D eigenvalue weighted by molar-refractivity contribution is 1.15. The molecule has 0 aliphatic rings. The lowest BCUT2D eigenvalue weighted by atomic mass is 10.1. The van der Waals surface area contributed by atoms with Gasteiger partial charge in [0.25, 0.3) is 0 Å². The van der Waals surface area contributed by atoms with Crippen molar-refractivity contribution in [2.45, 2.75) is 0 Å². The summed E-state index contributed by atoms with van der Waals surface area (Å²) in [5, 5.41) is 0. The van der Waals surface area contributed by atoms with Gasteiger partial charge in [0.1, 0.15) is 5.65 Å². The maximum Gasteiger partial charge on any atom is 0.144 e. The molecule has 1 radical (unpaired) electrons. The van der Waals surface area contributed by atoms with Crippen molar-refractivity contribution in [3.8, 4) is 11.1 Å². The van der Waals surface area contributed by atoms with E-state index in [-0.39, 0.29) is 0 Å². The zero-order valence-electron chi connectivity index (χ0n) is 9.49. The van der Waals surface area contributed by atoms with Crippen LogP contribution in [0.4, 0.5) is 0 Å². The highest BCUT2D eigenvalue weighted by atomic mass is 15.0. The number of imidazole rings is 2. The first-order valence-corrected chi connectivity index (χ1v) is 5.68. The minimum Gasteiger partial charge on any atom is -0.307 e. The third kappa shape index (κ3) is 1.26. The summed E-state index contributed by atoms with van der Waals surface area (Å²) < 4.78 is 3.94. The molecule has 0 N–H and O–H groups in total. The van der Waals surface area contributed by atoms with Crippen LogP contribution >= 0.6 is 0 Å². The Kier molecular flexibility index (Phi) is 1.80. The zero-order valence-corrected chi connectivity index (χ0v) is 9.49. The summed E-state index contributed by atoms with van der Waals surface area (Å²) in [6.07, 6.45) is 11.3. The van der Waals surface area contributed by atoms with Crippen molar-refractivity contribution in [3.63, 3.8) is 0 Å². The van der Waals surface area contributed by atoms with E-state index in [0.29, 0.717) is 0 Å². The molecule has 0 spiro atoms. The highest BCUT2D eigenvalue weighted by molar-refractivity contribution is 5.78. The molecule has 0 aliphatic carbocycles. The minimum absolute atomic E-state index is 0.942. The number of rotatable bonds is 1. The van der Waals surface area contributed by atoms with Crippen molar-refractivity contribution < 1.29 is 0 Å². The smallest absolute Gasteiger partial charge is 0.144 e. The first-order valence-electron chi connectivity index (χ1n) is 5.68. The molecule has 0 saturated heterocycles. The summed E-state index contributed by atoms with van der Waals surface area (Å²) >= 11 is 0. The highest BCUT2D eigenvalue weighted by Crippen LogP contribution is 2.23. The molecule has 0 unspecified atom stereocenters. The molecular formula is C14H9N4. The molecule has 0 amide bonds. The van der Waals surface area contributed by atoms with Crippen LogP contribution in [0.1, 0.15) is 0 Å². The van der Waals surface area contributed by atoms with Crippen LogP contribution in [-0.4, -0.2) is 18.8 Å². The van der Waals surface area contributed by atoms with Crippen LogP contribution in [0.2, 0.25) is 0 Å². The molecule has 4 aromatic rings. The molecule has 0 saturated carbocycles. The van der Waals surface area contributed by atoms with Gasteiger partial charge in [-0.3, -0.25) is 0 Å². The van der Waals surface area contributed by atoms with Gasteiger partial charge in [0.15, 0.2) is 0 Å². The standard InChI is InChI=1S/C14H9N4/c1-2-13(14-16-4-7-17(14)5-1)11-3-6-18-10-15-9-12(18)8-11/h1-7,9-10H. The van der Waals surface area contributed by atoms with Crippen molar-refractivity contribution >= 4 is 11.2 Å². The lowest BCUT2D eigenvalue weighted by Crippen LogP contribution is -1.89. The lowest BCUT2D eigenvalue weighted by Gasteiger charge is -2.04. The van der Waals surface area contributed by atoms with Gasteiger partial charge in [-0.05, 0) is 23.8 Å². The second-order valence-corrected chi connectivity index (χ2v) is 4.12. The Morgan fingerprint density at radius 1 is 1.06 bits per heavy atom. The molecular weight excluding hydrogens is 224 g/mol. The van der Waals surface area contributed by atoms with Crippen molar-refractivity contribution in [1.29, 1.82) is 0 Å². The number of hydrogen-bond donors (Lipinski definition) is 0. The van der Waals surface area contributed by atoms with Crippen LogP contribution in [0, 0.1) is 6.07 Å². The van der Waals surface area contributed by atoms with Crippen molar-refractivity contribution in [2.24, 2.45) is 0 Å². The van der Waals surface area contributed by atoms with E-state index in [1.54, 1.807) is 18.7 Å². The van der Waals surface area contributed by atoms with E-state index in [1.807, 2.05) is 39.5 Å². The molecule has 4 heterocycles. The maximum absolute atomic E-state index is 4.38. The summed E-state index contributed by atoms with van der Waals surface area (Å²) in [5.74, 6) is 0. The first kappa shape index (κ1) is 9.41. The second-order valence-electron chi connectivity index (χ2n) is 4.12. The largest absolute Gasteiger partial charge is 0.307 e. The molecule has 0 bridgehead atoms. The van der Waals surface area contributed by atoms with Crippen LogP contribution in [0.15, 0.2) is 55.5 Å². The number of pyridine rings is 2. The van der Waals surface area contributed by atoms with E-state index < -0.39 is 0 Å². The van der Waals surface area contributed by atoms with Gasteiger partial charge in [-0.25, -0.2) is 9.97 Å². The minimum atomic E-state index is 0.942. The topological polar surface area (TPSA) is 34.6 Å². The predicted molar refractivity (Wildman–Crippen MR) is 68.2 cm³/mol. The van der Waals surface area contributed by atoms with Crippen LogP contribution in [0.25, 0.3) is 22.3 Å². The van der Waals surface area contributed by atoms with Crippen LogP contribution in [0.5, 0.6) is 0 Å². The fraction of sp³-hybridized carbons (Fsp3) is 0. The summed E-state index contributed by atoms with van der Waals surface area (Å²) in [6, 6.07) is 9.45. The summed E-state index contributed by atoms with van der Waals surface area (Å²) in [7, 11) is 0. The Labute approximate surface area is 103 Å². The van der Waals surface area contributed by atoms with Gasteiger partial charge in [0.2, 0.25) is 0 Å². The summed E-state index contributed by atoms with van der Waals surface area (Å²) in [5.41, 5.74) is 4.00. The molecule has 4 rings (SSSR count). The molecule has 0 aliphatic heterocycles. The van der Waals surface area contributed by atoms with E-state index in [1.165, 1.54) is 0 Å². The third-order valence-electron chi connectivity index (χ3n) is 3.04. The van der Waals surface area contributed by atoms with Crippen LogP contribution in [0.3, 0.4) is 0 Å². The van der Waals surface area contributed by atoms with E-state index in [4.69, 9.17) is 0 Å². The first-order chi connectivity index (χ1) is 8.92. The van der Waals surface area contributed by atoms with Gasteiger partial charge in [-0.1, -0.05) is 0 Å². The molecule has 0 fully saturated rings. The van der Waals surface area contributed by atoms with Gasteiger partial charge in [-0.15, -0.1) is 0 Å². The number of hydrogen-bond acceptors (Lipinski definition) is 2. The Hall–Kier alpha value is -2.62. The van der Waals surface area contributed by atoms with Gasteiger partial charge in [-0.2, -0.15) is 0 Å². The quantitative estimate of drug-likeness (QED) is 0.506. The Balaban J connectivity index is 2.03. The van der Waals surface area contributed by atoms with Crippen molar-refractivity contribution in [2.75, 3.05) is 0 Å². The van der Waals surface area contributed by atoms with Gasteiger partial charge >= 0.3 is 0 Å². The van der Waals surface area contributed by atoms with Crippen molar-refractivity contribution in [3.05, 3.63) is 61.6 Å². The average Bonchev–Trinajstić information content (AvgIpc) is 3.05. The summed E-state index contributed by atoms with van der Waals surface area (Å²) in [6.45, 7) is 0. The SMILES string of the molecule is [c]1c(-c2cccn3ccnc23)ccn2cncc12. The maximum atomic E-state index is 4.38. The fourth-order valence-electron chi connectivity index (χ4n) is 2.17. The van der Waals surface area contributed by atoms with E-state index in [2.05, 4.69) is 22.1 Å². The third-order valence-corrected chi connectivity index (χ3v) is 3.04. The fourth-order valence-corrected chi connectivity index (χ4v) is 2.17. The molecule has 85 valence electrons. The van der Waals surface area contributed by atoms with Gasteiger partial charge in [0.05, 0.1) is 18.0 Å². The number of nitrogens with zero attached hydrogens (tertiary/aromatic N) is 4. The van der Waals surface area contributed by atoms with Gasteiger partial charge in [0, 0.05) is 36.4 Å². The van der Waals surface area contributed by atoms with E-state index in [9.17, 15) is 0 Å². The molecule has 0 atom stereocenters. The highest BCUT2D eigenvalue weighted by Gasteiger charge is 2.06. The van der Waals surface area contributed by atoms with Crippen LogP contribution < -0.4 is 0 Å². The van der Waals surface area contributed by atoms with E-state index >= 15 is 0 Å². The average molecular weight is 233 g/mol. The van der Waals surface area contributed by atoms with Gasteiger partial charge < -0.3 is 8.80 Å². The van der Waals surface area contributed by atoms with Crippen LogP contribution in [-0.2, 0) is 0 Å². The Morgan fingerprint density at radius 3 is 3.06 bits per heavy atom. The number of fused-ring (bicyclic) bond motifs is 2. The molecule has 0 aromatic carbocycles. The predicted octanol–water partition coefficient (Wildman–Crippen LogP) is 2.45. The Bertz CT molecular complexity index is 841. The second kappa shape index (κ2) is 3.43.